The molecule has 0 saturated carbocycles. The molecule has 1 aliphatic carbocycles. The SMILES string of the molecule is CN(C)C1Cc2c(-c3cn[nH]c3)ccc3c2C(CN3)C1. The first-order chi connectivity index (χ1) is 9.74. The molecule has 2 atom stereocenters. The van der Waals surface area contributed by atoms with Crippen molar-refractivity contribution in [1.29, 1.82) is 0 Å². The molecule has 2 unspecified atom stereocenters. The lowest BCUT2D eigenvalue weighted by Gasteiger charge is -2.34. The summed E-state index contributed by atoms with van der Waals surface area (Å²) in [5.41, 5.74) is 6.96. The van der Waals surface area contributed by atoms with E-state index in [1.54, 1.807) is 5.56 Å². The van der Waals surface area contributed by atoms with Gasteiger partial charge in [0.15, 0.2) is 0 Å². The highest BCUT2D eigenvalue weighted by atomic mass is 15.1. The summed E-state index contributed by atoms with van der Waals surface area (Å²) in [5.74, 6) is 0.660. The van der Waals surface area contributed by atoms with E-state index in [2.05, 4.69) is 46.6 Å². The van der Waals surface area contributed by atoms with Gasteiger partial charge in [-0.1, -0.05) is 6.07 Å². The standard InChI is InChI=1S/C16H20N4/c1-20(2)12-5-10-7-17-15-4-3-13(11-8-18-19-9-11)14(6-12)16(10)15/h3-4,8-10,12,17H,5-7H2,1-2H3,(H,18,19). The number of aromatic amines is 1. The number of anilines is 1. The van der Waals surface area contributed by atoms with Gasteiger partial charge in [-0.05, 0) is 49.7 Å². The number of benzene rings is 1. The van der Waals surface area contributed by atoms with Gasteiger partial charge in [0, 0.05) is 36.0 Å². The second-order valence-corrected chi connectivity index (χ2v) is 6.17. The number of likely N-dealkylation sites (N-methyl/N-ethyl adjacent to an activating group) is 1. The lowest BCUT2D eigenvalue weighted by atomic mass is 9.78. The van der Waals surface area contributed by atoms with Crippen molar-refractivity contribution >= 4 is 5.69 Å². The Morgan fingerprint density at radius 3 is 2.95 bits per heavy atom. The van der Waals surface area contributed by atoms with Gasteiger partial charge in [-0.3, -0.25) is 5.10 Å². The van der Waals surface area contributed by atoms with Crippen molar-refractivity contribution in [3.8, 4) is 11.1 Å². The van der Waals surface area contributed by atoms with E-state index in [0.717, 1.165) is 13.0 Å². The maximum absolute atomic E-state index is 4.11. The number of rotatable bonds is 2. The summed E-state index contributed by atoms with van der Waals surface area (Å²) < 4.78 is 0. The van der Waals surface area contributed by atoms with E-state index < -0.39 is 0 Å². The molecular weight excluding hydrogens is 248 g/mol. The van der Waals surface area contributed by atoms with Crippen LogP contribution in [-0.4, -0.2) is 41.8 Å². The van der Waals surface area contributed by atoms with E-state index in [1.165, 1.54) is 28.8 Å². The van der Waals surface area contributed by atoms with Gasteiger partial charge in [0.25, 0.3) is 0 Å². The molecule has 2 aromatic rings. The first kappa shape index (κ1) is 12.0. The number of H-pyrrole nitrogens is 1. The number of aromatic nitrogens is 2. The molecule has 1 aromatic heterocycles. The fraction of sp³-hybridized carbons (Fsp3) is 0.438. The van der Waals surface area contributed by atoms with Crippen molar-refractivity contribution in [2.24, 2.45) is 0 Å². The van der Waals surface area contributed by atoms with Crippen molar-refractivity contribution in [1.82, 2.24) is 15.1 Å². The Balaban J connectivity index is 1.87. The number of hydrogen-bond donors (Lipinski definition) is 2. The Morgan fingerprint density at radius 1 is 1.30 bits per heavy atom. The fourth-order valence-corrected chi connectivity index (χ4v) is 3.75. The summed E-state index contributed by atoms with van der Waals surface area (Å²) in [7, 11) is 4.39. The predicted molar refractivity (Wildman–Crippen MR) is 81.1 cm³/mol. The molecule has 4 rings (SSSR count). The van der Waals surface area contributed by atoms with Crippen molar-refractivity contribution in [2.45, 2.75) is 24.8 Å². The summed E-state index contributed by atoms with van der Waals surface area (Å²) in [6.07, 6.45) is 6.31. The Labute approximate surface area is 119 Å². The van der Waals surface area contributed by atoms with Crippen LogP contribution in [0.3, 0.4) is 0 Å². The predicted octanol–water partition coefficient (Wildman–Crippen LogP) is 2.46. The first-order valence-corrected chi connectivity index (χ1v) is 7.29. The van der Waals surface area contributed by atoms with Gasteiger partial charge in [-0.2, -0.15) is 5.10 Å². The summed E-state index contributed by atoms with van der Waals surface area (Å²) in [6, 6.07) is 5.11. The van der Waals surface area contributed by atoms with Crippen molar-refractivity contribution in [2.75, 3.05) is 26.0 Å². The van der Waals surface area contributed by atoms with Gasteiger partial charge >= 0.3 is 0 Å². The molecule has 20 heavy (non-hydrogen) atoms. The first-order valence-electron chi connectivity index (χ1n) is 7.29. The molecule has 1 aliphatic heterocycles. The molecule has 0 amide bonds. The molecule has 2 aliphatic rings. The maximum Gasteiger partial charge on any atom is 0.0565 e. The average molecular weight is 268 g/mol. The Morgan fingerprint density at radius 2 is 2.20 bits per heavy atom. The summed E-state index contributed by atoms with van der Waals surface area (Å²) in [4.78, 5) is 2.37. The van der Waals surface area contributed by atoms with E-state index in [9.17, 15) is 0 Å². The average Bonchev–Trinajstić information content (AvgIpc) is 3.09. The molecular formula is C16H20N4. The van der Waals surface area contributed by atoms with Crippen LogP contribution in [0, 0.1) is 0 Å². The molecule has 104 valence electrons. The Kier molecular flexibility index (Phi) is 2.60. The zero-order chi connectivity index (χ0) is 13.7. The minimum Gasteiger partial charge on any atom is -0.384 e. The monoisotopic (exact) mass is 268 g/mol. The molecule has 0 fully saturated rings. The third-order valence-corrected chi connectivity index (χ3v) is 4.84. The lowest BCUT2D eigenvalue weighted by Crippen LogP contribution is -2.35. The van der Waals surface area contributed by atoms with Crippen LogP contribution in [0.4, 0.5) is 5.69 Å². The summed E-state index contributed by atoms with van der Waals surface area (Å²) in [5, 5.41) is 10.6. The minimum atomic E-state index is 0.633. The number of nitrogens with zero attached hydrogens (tertiary/aromatic N) is 2. The van der Waals surface area contributed by atoms with Gasteiger partial charge in [0.2, 0.25) is 0 Å². The second kappa shape index (κ2) is 4.35. The summed E-state index contributed by atoms with van der Waals surface area (Å²) in [6.45, 7) is 1.08. The highest BCUT2D eigenvalue weighted by Crippen LogP contribution is 2.45. The Hall–Kier alpha value is -1.81. The second-order valence-electron chi connectivity index (χ2n) is 6.17. The topological polar surface area (TPSA) is 44.0 Å². The molecule has 1 aromatic carbocycles. The molecule has 4 nitrogen and oxygen atoms in total. The van der Waals surface area contributed by atoms with Gasteiger partial charge in [-0.15, -0.1) is 0 Å². The third-order valence-electron chi connectivity index (χ3n) is 4.84. The van der Waals surface area contributed by atoms with Crippen LogP contribution in [0.5, 0.6) is 0 Å². The van der Waals surface area contributed by atoms with Gasteiger partial charge in [0.05, 0.1) is 6.20 Å². The van der Waals surface area contributed by atoms with E-state index in [0.29, 0.717) is 12.0 Å². The molecule has 2 N–H and O–H groups in total. The normalized spacial score (nSPS) is 23.8. The van der Waals surface area contributed by atoms with Crippen molar-refractivity contribution < 1.29 is 0 Å². The smallest absolute Gasteiger partial charge is 0.0565 e. The number of hydrogen-bond acceptors (Lipinski definition) is 3. The van der Waals surface area contributed by atoms with Crippen LogP contribution in [-0.2, 0) is 6.42 Å². The van der Waals surface area contributed by atoms with Crippen molar-refractivity contribution in [3.05, 3.63) is 35.7 Å². The van der Waals surface area contributed by atoms with Gasteiger partial charge in [-0.25, -0.2) is 0 Å². The van der Waals surface area contributed by atoms with Gasteiger partial charge < -0.3 is 10.2 Å². The van der Waals surface area contributed by atoms with Crippen LogP contribution < -0.4 is 5.32 Å². The quantitative estimate of drug-likeness (QED) is 0.879. The third kappa shape index (κ3) is 1.68. The zero-order valence-electron chi connectivity index (χ0n) is 12.0. The molecule has 0 bridgehead atoms. The van der Waals surface area contributed by atoms with Crippen LogP contribution in [0.1, 0.15) is 23.5 Å². The minimum absolute atomic E-state index is 0.633. The largest absolute Gasteiger partial charge is 0.384 e. The molecule has 2 heterocycles. The molecule has 4 heteroatoms. The van der Waals surface area contributed by atoms with Gasteiger partial charge in [0.1, 0.15) is 0 Å². The molecule has 0 saturated heterocycles. The Bertz CT molecular complexity index is 630. The van der Waals surface area contributed by atoms with Crippen LogP contribution in [0.15, 0.2) is 24.5 Å². The molecule has 0 radical (unpaired) electrons. The van der Waals surface area contributed by atoms with Crippen LogP contribution >= 0.6 is 0 Å². The highest BCUT2D eigenvalue weighted by molar-refractivity contribution is 5.75. The van der Waals surface area contributed by atoms with E-state index >= 15 is 0 Å². The van der Waals surface area contributed by atoms with Crippen LogP contribution in [0.25, 0.3) is 11.1 Å². The number of nitrogens with one attached hydrogen (secondary N) is 2. The highest BCUT2D eigenvalue weighted by Gasteiger charge is 2.35. The lowest BCUT2D eigenvalue weighted by molar-refractivity contribution is 0.255. The maximum atomic E-state index is 4.11. The van der Waals surface area contributed by atoms with Crippen molar-refractivity contribution in [3.63, 3.8) is 0 Å². The van der Waals surface area contributed by atoms with E-state index in [1.807, 2.05) is 12.4 Å². The van der Waals surface area contributed by atoms with E-state index in [-0.39, 0.29) is 0 Å². The summed E-state index contributed by atoms with van der Waals surface area (Å²) >= 11 is 0. The van der Waals surface area contributed by atoms with E-state index in [4.69, 9.17) is 0 Å². The molecule has 0 spiro atoms. The fourth-order valence-electron chi connectivity index (χ4n) is 3.75. The zero-order valence-corrected chi connectivity index (χ0v) is 12.0. The van der Waals surface area contributed by atoms with Crippen LogP contribution in [0.2, 0.25) is 0 Å².